The first-order valence-electron chi connectivity index (χ1n) is 5.71. The van der Waals surface area contributed by atoms with Crippen LogP contribution in [0.1, 0.15) is 18.6 Å². The van der Waals surface area contributed by atoms with Crippen LogP contribution in [-0.4, -0.2) is 17.1 Å². The Morgan fingerprint density at radius 2 is 2.28 bits per heavy atom. The number of hydrogen-bond acceptors (Lipinski definition) is 6. The van der Waals surface area contributed by atoms with Crippen LogP contribution >= 0.6 is 0 Å². The summed E-state index contributed by atoms with van der Waals surface area (Å²) in [6.45, 7) is 2.45. The number of aryl methyl sites for hydroxylation is 1. The number of nitrogens with two attached hydrogens (primary N) is 1. The first-order valence-corrected chi connectivity index (χ1v) is 5.71. The Labute approximate surface area is 105 Å². The summed E-state index contributed by atoms with van der Waals surface area (Å²) >= 11 is 0. The maximum absolute atomic E-state index is 5.81. The van der Waals surface area contributed by atoms with E-state index in [2.05, 4.69) is 15.3 Å². The van der Waals surface area contributed by atoms with Gasteiger partial charge in [-0.1, -0.05) is 6.92 Å². The standard InChI is InChI=1S/C12H16N4O2/c1-3-8-6-14-11(18-8)7-15-12-9(13)4-5-10(16-12)17-2/h4-6H,3,7,13H2,1-2H3,(H,15,16). The summed E-state index contributed by atoms with van der Waals surface area (Å²) in [6, 6.07) is 3.45. The van der Waals surface area contributed by atoms with Crippen molar-refractivity contribution in [1.29, 1.82) is 0 Å². The van der Waals surface area contributed by atoms with Crippen LogP contribution in [0.2, 0.25) is 0 Å². The first-order chi connectivity index (χ1) is 8.72. The monoisotopic (exact) mass is 248 g/mol. The van der Waals surface area contributed by atoms with E-state index in [9.17, 15) is 0 Å². The SMILES string of the molecule is CCc1cnc(CNc2nc(OC)ccc2N)o1. The number of pyridine rings is 1. The first kappa shape index (κ1) is 12.2. The zero-order chi connectivity index (χ0) is 13.0. The molecule has 0 amide bonds. The quantitative estimate of drug-likeness (QED) is 0.839. The fourth-order valence-electron chi connectivity index (χ4n) is 1.46. The molecule has 0 aliphatic heterocycles. The predicted octanol–water partition coefficient (Wildman–Crippen LogP) is 1.83. The second-order valence-corrected chi connectivity index (χ2v) is 3.72. The van der Waals surface area contributed by atoms with Crippen LogP contribution in [0, 0.1) is 0 Å². The summed E-state index contributed by atoms with van der Waals surface area (Å²) < 4.78 is 10.5. The molecular weight excluding hydrogens is 232 g/mol. The van der Waals surface area contributed by atoms with E-state index in [1.54, 1.807) is 25.4 Å². The van der Waals surface area contributed by atoms with E-state index in [1.807, 2.05) is 6.92 Å². The Morgan fingerprint density at radius 3 is 2.94 bits per heavy atom. The van der Waals surface area contributed by atoms with Crippen molar-refractivity contribution in [2.24, 2.45) is 0 Å². The van der Waals surface area contributed by atoms with Crippen molar-refractivity contribution in [2.45, 2.75) is 19.9 Å². The molecule has 0 fully saturated rings. The van der Waals surface area contributed by atoms with Crippen molar-refractivity contribution < 1.29 is 9.15 Å². The van der Waals surface area contributed by atoms with E-state index in [4.69, 9.17) is 14.9 Å². The van der Waals surface area contributed by atoms with Crippen molar-refractivity contribution in [3.8, 4) is 5.88 Å². The summed E-state index contributed by atoms with van der Waals surface area (Å²) in [5.41, 5.74) is 6.36. The molecule has 0 bridgehead atoms. The Kier molecular flexibility index (Phi) is 3.66. The van der Waals surface area contributed by atoms with E-state index in [0.717, 1.165) is 12.2 Å². The van der Waals surface area contributed by atoms with E-state index in [1.165, 1.54) is 0 Å². The third-order valence-corrected chi connectivity index (χ3v) is 2.47. The van der Waals surface area contributed by atoms with Crippen LogP contribution < -0.4 is 15.8 Å². The van der Waals surface area contributed by atoms with Gasteiger partial charge in [0, 0.05) is 12.5 Å². The van der Waals surface area contributed by atoms with Gasteiger partial charge in [0.1, 0.15) is 5.76 Å². The van der Waals surface area contributed by atoms with Gasteiger partial charge in [-0.15, -0.1) is 0 Å². The summed E-state index contributed by atoms with van der Waals surface area (Å²) in [5, 5.41) is 3.07. The number of nitrogen functional groups attached to an aromatic ring is 1. The van der Waals surface area contributed by atoms with Crippen molar-refractivity contribution in [2.75, 3.05) is 18.2 Å². The molecule has 0 unspecified atom stereocenters. The lowest BCUT2D eigenvalue weighted by Gasteiger charge is -2.07. The number of oxazole rings is 1. The van der Waals surface area contributed by atoms with E-state index in [-0.39, 0.29) is 0 Å². The number of nitrogens with one attached hydrogen (secondary N) is 1. The fourth-order valence-corrected chi connectivity index (χ4v) is 1.46. The molecule has 6 heteroatoms. The lowest BCUT2D eigenvalue weighted by molar-refractivity contribution is 0.398. The topological polar surface area (TPSA) is 86.2 Å². The second kappa shape index (κ2) is 5.39. The lowest BCUT2D eigenvalue weighted by atomic mass is 10.4. The minimum atomic E-state index is 0.435. The van der Waals surface area contributed by atoms with Crippen molar-refractivity contribution in [3.05, 3.63) is 30.0 Å². The van der Waals surface area contributed by atoms with Gasteiger partial charge in [0.15, 0.2) is 5.82 Å². The van der Waals surface area contributed by atoms with Crippen LogP contribution in [0.3, 0.4) is 0 Å². The molecule has 18 heavy (non-hydrogen) atoms. The number of hydrogen-bond donors (Lipinski definition) is 2. The number of nitrogens with zero attached hydrogens (tertiary/aromatic N) is 2. The highest BCUT2D eigenvalue weighted by Crippen LogP contribution is 2.20. The minimum absolute atomic E-state index is 0.435. The average molecular weight is 248 g/mol. The Balaban J connectivity index is 2.05. The third-order valence-electron chi connectivity index (χ3n) is 2.47. The molecule has 2 heterocycles. The van der Waals surface area contributed by atoms with E-state index >= 15 is 0 Å². The smallest absolute Gasteiger partial charge is 0.215 e. The highest BCUT2D eigenvalue weighted by atomic mass is 16.5. The summed E-state index contributed by atoms with van der Waals surface area (Å²) in [4.78, 5) is 8.35. The maximum atomic E-state index is 5.81. The van der Waals surface area contributed by atoms with Crippen LogP contribution in [0.15, 0.2) is 22.7 Å². The van der Waals surface area contributed by atoms with Gasteiger partial charge in [-0.25, -0.2) is 4.98 Å². The van der Waals surface area contributed by atoms with Crippen LogP contribution in [0.5, 0.6) is 5.88 Å². The second-order valence-electron chi connectivity index (χ2n) is 3.72. The van der Waals surface area contributed by atoms with Gasteiger partial charge in [-0.05, 0) is 6.07 Å². The fraction of sp³-hybridized carbons (Fsp3) is 0.333. The number of methoxy groups -OCH3 is 1. The third kappa shape index (κ3) is 2.71. The van der Waals surface area contributed by atoms with Gasteiger partial charge in [-0.2, -0.15) is 4.98 Å². The summed E-state index contributed by atoms with van der Waals surface area (Å²) in [7, 11) is 1.56. The zero-order valence-electron chi connectivity index (χ0n) is 10.4. The Bertz CT molecular complexity index is 525. The Morgan fingerprint density at radius 1 is 1.44 bits per heavy atom. The van der Waals surface area contributed by atoms with Crippen LogP contribution in [0.4, 0.5) is 11.5 Å². The molecule has 0 saturated carbocycles. The van der Waals surface area contributed by atoms with Crippen LogP contribution in [-0.2, 0) is 13.0 Å². The molecule has 0 saturated heterocycles. The van der Waals surface area contributed by atoms with Crippen molar-refractivity contribution >= 4 is 11.5 Å². The average Bonchev–Trinajstić information content (AvgIpc) is 2.86. The van der Waals surface area contributed by atoms with Crippen molar-refractivity contribution in [1.82, 2.24) is 9.97 Å². The lowest BCUT2D eigenvalue weighted by Crippen LogP contribution is -2.05. The molecule has 2 aromatic heterocycles. The zero-order valence-corrected chi connectivity index (χ0v) is 10.4. The molecular formula is C12H16N4O2. The molecule has 3 N–H and O–H groups in total. The molecule has 0 spiro atoms. The largest absolute Gasteiger partial charge is 0.481 e. The highest BCUT2D eigenvalue weighted by molar-refractivity contribution is 5.61. The molecule has 0 radical (unpaired) electrons. The number of aromatic nitrogens is 2. The maximum Gasteiger partial charge on any atom is 0.215 e. The molecule has 6 nitrogen and oxygen atoms in total. The van der Waals surface area contributed by atoms with E-state index in [0.29, 0.717) is 29.8 Å². The molecule has 0 aromatic carbocycles. The molecule has 0 atom stereocenters. The van der Waals surface area contributed by atoms with Crippen molar-refractivity contribution in [3.63, 3.8) is 0 Å². The summed E-state index contributed by atoms with van der Waals surface area (Å²) in [6.07, 6.45) is 2.55. The molecule has 2 aromatic rings. The molecule has 0 aliphatic carbocycles. The van der Waals surface area contributed by atoms with Gasteiger partial charge < -0.3 is 20.2 Å². The normalized spacial score (nSPS) is 10.3. The molecule has 2 rings (SSSR count). The Hall–Kier alpha value is -2.24. The van der Waals surface area contributed by atoms with E-state index < -0.39 is 0 Å². The summed E-state index contributed by atoms with van der Waals surface area (Å²) in [5.74, 6) is 2.54. The molecule has 96 valence electrons. The van der Waals surface area contributed by atoms with Gasteiger partial charge in [0.05, 0.1) is 25.5 Å². The number of anilines is 2. The molecule has 0 aliphatic rings. The van der Waals surface area contributed by atoms with Gasteiger partial charge >= 0.3 is 0 Å². The number of ether oxygens (including phenoxy) is 1. The highest BCUT2D eigenvalue weighted by Gasteiger charge is 2.06. The van der Waals surface area contributed by atoms with Gasteiger partial charge in [-0.3, -0.25) is 0 Å². The minimum Gasteiger partial charge on any atom is -0.481 e. The van der Waals surface area contributed by atoms with Gasteiger partial charge in [0.2, 0.25) is 11.8 Å². The predicted molar refractivity (Wildman–Crippen MR) is 68.4 cm³/mol. The van der Waals surface area contributed by atoms with Crippen LogP contribution in [0.25, 0.3) is 0 Å². The number of rotatable bonds is 5. The van der Waals surface area contributed by atoms with Gasteiger partial charge in [0.25, 0.3) is 0 Å².